The second kappa shape index (κ2) is 5.27. The molecule has 5 heteroatoms. The number of Topliss-reactive ketones (excluding diaryl/α,β-unsaturated/α-hetero) is 1. The molecule has 0 aliphatic rings. The molecule has 0 rings (SSSR count). The molecule has 0 aromatic rings. The molecule has 0 amide bonds. The Morgan fingerprint density at radius 3 is 1.94 bits per heavy atom. The molecular weight excluding hydrogens is 226 g/mol. The third kappa shape index (κ3) is 3.87. The van der Waals surface area contributed by atoms with Gasteiger partial charge in [0, 0.05) is 5.41 Å². The van der Waals surface area contributed by atoms with Crippen molar-refractivity contribution in [3.05, 3.63) is 0 Å². The van der Waals surface area contributed by atoms with Crippen LogP contribution in [0.25, 0.3) is 0 Å². The number of carbonyl (C=O) groups excluding carboxylic acids is 1. The summed E-state index contributed by atoms with van der Waals surface area (Å²) in [6, 6.07) is 0. The Balaban J connectivity index is 4.52. The smallest absolute Gasteiger partial charge is 0.214 e. The van der Waals surface area contributed by atoms with Crippen molar-refractivity contribution >= 4 is 15.8 Å². The average molecular weight is 249 g/mol. The molecule has 0 atom stereocenters. The van der Waals surface area contributed by atoms with E-state index in [0.717, 1.165) is 0 Å². The highest BCUT2D eigenvalue weighted by atomic mass is 32.2. The summed E-state index contributed by atoms with van der Waals surface area (Å²) in [6.45, 7) is 10.6. The van der Waals surface area contributed by atoms with Gasteiger partial charge in [-0.05, 0) is 19.8 Å². The van der Waals surface area contributed by atoms with Gasteiger partial charge in [-0.25, -0.2) is 13.1 Å². The first kappa shape index (κ1) is 15.6. The Morgan fingerprint density at radius 2 is 1.62 bits per heavy atom. The van der Waals surface area contributed by atoms with Crippen molar-refractivity contribution in [2.24, 2.45) is 11.3 Å². The van der Waals surface area contributed by atoms with Crippen molar-refractivity contribution in [3.63, 3.8) is 0 Å². The summed E-state index contributed by atoms with van der Waals surface area (Å²) in [5.74, 6) is 0.107. The van der Waals surface area contributed by atoms with E-state index in [4.69, 9.17) is 0 Å². The van der Waals surface area contributed by atoms with E-state index in [2.05, 4.69) is 4.72 Å². The van der Waals surface area contributed by atoms with Gasteiger partial charge in [0.25, 0.3) is 0 Å². The molecule has 0 aromatic heterocycles. The van der Waals surface area contributed by atoms with Gasteiger partial charge in [-0.2, -0.15) is 0 Å². The SMILES string of the molecule is CC(C)C(C)(C)C(=O)CNS(=O)(=O)C(C)C. The second-order valence-electron chi connectivity index (χ2n) is 5.21. The highest BCUT2D eigenvalue weighted by molar-refractivity contribution is 7.90. The fourth-order valence-corrected chi connectivity index (χ4v) is 1.55. The lowest BCUT2D eigenvalue weighted by Crippen LogP contribution is -2.41. The van der Waals surface area contributed by atoms with Crippen LogP contribution in [0.4, 0.5) is 0 Å². The highest BCUT2D eigenvalue weighted by Crippen LogP contribution is 2.26. The number of hydrogen-bond donors (Lipinski definition) is 1. The van der Waals surface area contributed by atoms with Crippen molar-refractivity contribution in [1.82, 2.24) is 4.72 Å². The van der Waals surface area contributed by atoms with Crippen LogP contribution in [0.2, 0.25) is 0 Å². The molecule has 0 unspecified atom stereocenters. The zero-order valence-corrected chi connectivity index (χ0v) is 11.8. The standard InChI is InChI=1S/C11H23NO3S/c1-8(2)11(5,6)10(13)7-12-16(14,15)9(3)4/h8-9,12H,7H2,1-6H3. The van der Waals surface area contributed by atoms with Gasteiger partial charge in [-0.3, -0.25) is 4.79 Å². The molecule has 0 aromatic carbocycles. The van der Waals surface area contributed by atoms with Gasteiger partial charge in [-0.15, -0.1) is 0 Å². The van der Waals surface area contributed by atoms with Crippen LogP contribution in [0, 0.1) is 11.3 Å². The number of nitrogens with one attached hydrogen (secondary N) is 1. The molecular formula is C11H23NO3S. The first-order chi connectivity index (χ1) is 7.01. The Kier molecular flexibility index (Phi) is 5.14. The molecule has 96 valence electrons. The fraction of sp³-hybridized carbons (Fsp3) is 0.909. The van der Waals surface area contributed by atoms with Crippen LogP contribution >= 0.6 is 0 Å². The normalized spacial score (nSPS) is 13.5. The lowest BCUT2D eigenvalue weighted by atomic mass is 9.77. The average Bonchev–Trinajstić information content (AvgIpc) is 2.13. The zero-order chi connectivity index (χ0) is 13.1. The number of hydrogen-bond acceptors (Lipinski definition) is 3. The monoisotopic (exact) mass is 249 g/mol. The molecule has 0 fully saturated rings. The van der Waals surface area contributed by atoms with Crippen molar-refractivity contribution in [2.45, 2.75) is 46.8 Å². The van der Waals surface area contributed by atoms with Crippen LogP contribution in [0.15, 0.2) is 0 Å². The molecule has 0 aliphatic heterocycles. The Bertz CT molecular complexity index is 342. The van der Waals surface area contributed by atoms with Crippen LogP contribution in [0.3, 0.4) is 0 Å². The van der Waals surface area contributed by atoms with Crippen LogP contribution in [-0.4, -0.2) is 26.0 Å². The quantitative estimate of drug-likeness (QED) is 0.777. The van der Waals surface area contributed by atoms with Crippen LogP contribution in [0.1, 0.15) is 41.5 Å². The van der Waals surface area contributed by atoms with Gasteiger partial charge >= 0.3 is 0 Å². The predicted molar refractivity (Wildman–Crippen MR) is 65.7 cm³/mol. The molecule has 0 radical (unpaired) electrons. The Hall–Kier alpha value is -0.420. The van der Waals surface area contributed by atoms with E-state index in [1.807, 2.05) is 27.7 Å². The Labute approximate surface area is 98.9 Å². The third-order valence-corrected chi connectivity index (χ3v) is 5.00. The van der Waals surface area contributed by atoms with Gasteiger partial charge in [0.1, 0.15) is 0 Å². The summed E-state index contributed by atoms with van der Waals surface area (Å²) in [6.07, 6.45) is 0. The first-order valence-corrected chi connectivity index (χ1v) is 7.08. The van der Waals surface area contributed by atoms with E-state index in [1.54, 1.807) is 13.8 Å². The number of carbonyl (C=O) groups is 1. The van der Waals surface area contributed by atoms with Crippen LogP contribution in [0.5, 0.6) is 0 Å². The molecule has 0 saturated heterocycles. The minimum absolute atomic E-state index is 0.0771. The Morgan fingerprint density at radius 1 is 1.19 bits per heavy atom. The maximum Gasteiger partial charge on any atom is 0.214 e. The van der Waals surface area contributed by atoms with Gasteiger partial charge in [0.15, 0.2) is 5.78 Å². The van der Waals surface area contributed by atoms with E-state index < -0.39 is 20.7 Å². The molecule has 0 aliphatic carbocycles. The molecule has 4 nitrogen and oxygen atoms in total. The van der Waals surface area contributed by atoms with E-state index in [0.29, 0.717) is 0 Å². The highest BCUT2D eigenvalue weighted by Gasteiger charge is 2.31. The molecule has 0 heterocycles. The van der Waals surface area contributed by atoms with E-state index in [-0.39, 0.29) is 18.2 Å². The molecule has 0 bridgehead atoms. The van der Waals surface area contributed by atoms with Gasteiger partial charge in [0.2, 0.25) is 10.0 Å². The van der Waals surface area contributed by atoms with E-state index in [9.17, 15) is 13.2 Å². The fourth-order valence-electron chi connectivity index (χ4n) is 0.883. The molecule has 0 saturated carbocycles. The summed E-state index contributed by atoms with van der Waals surface area (Å²) in [5.41, 5.74) is -0.500. The van der Waals surface area contributed by atoms with Crippen LogP contribution in [-0.2, 0) is 14.8 Å². The number of sulfonamides is 1. The third-order valence-electron chi connectivity index (χ3n) is 3.22. The summed E-state index contributed by atoms with van der Waals surface area (Å²) >= 11 is 0. The predicted octanol–water partition coefficient (Wildman–Crippen LogP) is 1.57. The first-order valence-electron chi connectivity index (χ1n) is 5.53. The van der Waals surface area contributed by atoms with Gasteiger partial charge < -0.3 is 0 Å². The van der Waals surface area contributed by atoms with Crippen molar-refractivity contribution in [1.29, 1.82) is 0 Å². The second-order valence-corrected chi connectivity index (χ2v) is 7.54. The summed E-state index contributed by atoms with van der Waals surface area (Å²) in [5, 5.41) is -0.512. The lowest BCUT2D eigenvalue weighted by molar-refractivity contribution is -0.127. The van der Waals surface area contributed by atoms with Crippen molar-refractivity contribution in [2.75, 3.05) is 6.54 Å². The largest absolute Gasteiger partial charge is 0.298 e. The van der Waals surface area contributed by atoms with Crippen molar-refractivity contribution in [3.8, 4) is 0 Å². The maximum absolute atomic E-state index is 11.8. The molecule has 1 N–H and O–H groups in total. The van der Waals surface area contributed by atoms with E-state index in [1.165, 1.54) is 0 Å². The summed E-state index contributed by atoms with van der Waals surface area (Å²) < 4.78 is 25.3. The van der Waals surface area contributed by atoms with Crippen LogP contribution < -0.4 is 4.72 Å². The topological polar surface area (TPSA) is 63.2 Å². The summed E-state index contributed by atoms with van der Waals surface area (Å²) in [4.78, 5) is 11.8. The van der Waals surface area contributed by atoms with Gasteiger partial charge in [0.05, 0.1) is 11.8 Å². The number of rotatable bonds is 6. The van der Waals surface area contributed by atoms with Gasteiger partial charge in [-0.1, -0.05) is 27.7 Å². The number of ketones is 1. The minimum Gasteiger partial charge on any atom is -0.298 e. The summed E-state index contributed by atoms with van der Waals surface area (Å²) in [7, 11) is -3.35. The molecule has 16 heavy (non-hydrogen) atoms. The maximum atomic E-state index is 11.8. The lowest BCUT2D eigenvalue weighted by Gasteiger charge is -2.27. The zero-order valence-electron chi connectivity index (χ0n) is 11.0. The molecule has 0 spiro atoms. The minimum atomic E-state index is -3.35. The van der Waals surface area contributed by atoms with Crippen molar-refractivity contribution < 1.29 is 13.2 Å². The van der Waals surface area contributed by atoms with E-state index >= 15 is 0 Å².